The van der Waals surface area contributed by atoms with Gasteiger partial charge in [-0.15, -0.1) is 0 Å². The second-order valence-corrected chi connectivity index (χ2v) is 11.2. The van der Waals surface area contributed by atoms with Gasteiger partial charge in [0.05, 0.1) is 0 Å². The van der Waals surface area contributed by atoms with E-state index in [-0.39, 0.29) is 0 Å². The molecule has 210 valence electrons. The number of rotatable bonds is 4. The summed E-state index contributed by atoms with van der Waals surface area (Å²) in [5.74, 6) is 1.85. The Morgan fingerprint density at radius 3 is 1.96 bits per heavy atom. The number of benzene rings is 7. The van der Waals surface area contributed by atoms with Crippen LogP contribution in [0.3, 0.4) is 0 Å². The molecule has 0 spiro atoms. The minimum absolute atomic E-state index is 0.604. The van der Waals surface area contributed by atoms with Crippen LogP contribution in [0.4, 0.5) is 0 Å². The quantitative estimate of drug-likeness (QED) is 0.209. The monoisotopic (exact) mass is 575 g/mol. The highest BCUT2D eigenvalue weighted by atomic mass is 16.3. The molecule has 7 aromatic carbocycles. The van der Waals surface area contributed by atoms with E-state index in [1.807, 2.05) is 24.3 Å². The van der Waals surface area contributed by atoms with Crippen molar-refractivity contribution in [3.8, 4) is 45.3 Å². The normalized spacial score (nSPS) is 11.6. The zero-order valence-corrected chi connectivity index (χ0v) is 24.2. The molecule has 0 aliphatic heterocycles. The highest BCUT2D eigenvalue weighted by Gasteiger charge is 2.22. The van der Waals surface area contributed by atoms with Gasteiger partial charge >= 0.3 is 0 Å². The molecular weight excluding hydrogens is 550 g/mol. The van der Waals surface area contributed by atoms with Crippen molar-refractivity contribution in [3.05, 3.63) is 152 Å². The van der Waals surface area contributed by atoms with Crippen LogP contribution in [-0.4, -0.2) is 15.0 Å². The van der Waals surface area contributed by atoms with Crippen LogP contribution in [0.2, 0.25) is 0 Å². The van der Waals surface area contributed by atoms with Gasteiger partial charge in [0, 0.05) is 27.5 Å². The van der Waals surface area contributed by atoms with Gasteiger partial charge in [-0.3, -0.25) is 0 Å². The Hall–Kier alpha value is -6.13. The van der Waals surface area contributed by atoms with Crippen molar-refractivity contribution in [1.29, 1.82) is 0 Å². The summed E-state index contributed by atoms with van der Waals surface area (Å²) in [4.78, 5) is 15.7. The molecule has 2 heterocycles. The van der Waals surface area contributed by atoms with E-state index in [0.29, 0.717) is 17.5 Å². The molecule has 0 bridgehead atoms. The van der Waals surface area contributed by atoms with Crippen molar-refractivity contribution in [2.24, 2.45) is 0 Å². The summed E-state index contributed by atoms with van der Waals surface area (Å²) in [5.41, 5.74) is 6.57. The molecule has 0 radical (unpaired) electrons. The fraction of sp³-hybridized carbons (Fsp3) is 0. The predicted octanol–water partition coefficient (Wildman–Crippen LogP) is 10.7. The standard InChI is InChI=1S/C41H25N3O/c1-2-12-28(13-3-1)32-23-24-36-37(34-18-8-9-20-35(34)45-36)38(32)41-43-39(30-22-21-26-11-4-5-15-29(26)25-30)42-40(44-41)33-19-10-16-27-14-6-7-17-31(27)33/h1-25H. The lowest BCUT2D eigenvalue weighted by atomic mass is 9.94. The van der Waals surface area contributed by atoms with Gasteiger partial charge in [0.1, 0.15) is 11.2 Å². The van der Waals surface area contributed by atoms with Gasteiger partial charge in [-0.1, -0.05) is 127 Å². The van der Waals surface area contributed by atoms with Gasteiger partial charge in [-0.25, -0.2) is 15.0 Å². The van der Waals surface area contributed by atoms with Crippen molar-refractivity contribution in [1.82, 2.24) is 15.0 Å². The smallest absolute Gasteiger partial charge is 0.165 e. The zero-order valence-electron chi connectivity index (χ0n) is 24.2. The second-order valence-electron chi connectivity index (χ2n) is 11.2. The largest absolute Gasteiger partial charge is 0.456 e. The maximum atomic E-state index is 6.37. The van der Waals surface area contributed by atoms with Crippen LogP contribution in [0.25, 0.3) is 88.8 Å². The second kappa shape index (κ2) is 10.2. The Morgan fingerprint density at radius 1 is 0.378 bits per heavy atom. The lowest BCUT2D eigenvalue weighted by Gasteiger charge is -2.14. The molecule has 0 aliphatic carbocycles. The molecule has 45 heavy (non-hydrogen) atoms. The fourth-order valence-corrected chi connectivity index (χ4v) is 6.39. The third kappa shape index (κ3) is 4.27. The summed E-state index contributed by atoms with van der Waals surface area (Å²) >= 11 is 0. The first-order chi connectivity index (χ1) is 22.3. The van der Waals surface area contributed by atoms with Crippen LogP contribution in [0.15, 0.2) is 156 Å². The van der Waals surface area contributed by atoms with Crippen molar-refractivity contribution in [2.45, 2.75) is 0 Å². The number of hydrogen-bond donors (Lipinski definition) is 0. The molecule has 0 unspecified atom stereocenters. The first-order valence-electron chi connectivity index (χ1n) is 15.0. The van der Waals surface area contributed by atoms with Crippen LogP contribution in [0, 0.1) is 0 Å². The molecule has 0 saturated heterocycles. The van der Waals surface area contributed by atoms with E-state index >= 15 is 0 Å². The van der Waals surface area contributed by atoms with Crippen molar-refractivity contribution >= 4 is 43.5 Å². The lowest BCUT2D eigenvalue weighted by molar-refractivity contribution is 0.669. The Morgan fingerprint density at radius 2 is 1.07 bits per heavy atom. The Kier molecular flexibility index (Phi) is 5.78. The number of furan rings is 1. The first-order valence-corrected chi connectivity index (χ1v) is 15.0. The van der Waals surface area contributed by atoms with Gasteiger partial charge in [-0.2, -0.15) is 0 Å². The van der Waals surface area contributed by atoms with E-state index in [0.717, 1.165) is 65.9 Å². The van der Waals surface area contributed by atoms with E-state index in [1.54, 1.807) is 0 Å². The average Bonchev–Trinajstić information content (AvgIpc) is 3.50. The molecule has 0 aliphatic rings. The highest BCUT2D eigenvalue weighted by Crippen LogP contribution is 2.42. The van der Waals surface area contributed by atoms with Crippen LogP contribution >= 0.6 is 0 Å². The van der Waals surface area contributed by atoms with Crippen molar-refractivity contribution in [2.75, 3.05) is 0 Å². The van der Waals surface area contributed by atoms with Gasteiger partial charge in [0.15, 0.2) is 17.5 Å². The molecule has 0 amide bonds. The van der Waals surface area contributed by atoms with Gasteiger partial charge < -0.3 is 4.42 Å². The number of fused-ring (bicyclic) bond motifs is 5. The number of hydrogen-bond acceptors (Lipinski definition) is 4. The Bertz CT molecular complexity index is 2540. The number of para-hydroxylation sites is 1. The molecule has 4 nitrogen and oxygen atoms in total. The van der Waals surface area contributed by atoms with Gasteiger partial charge in [0.2, 0.25) is 0 Å². The molecule has 0 N–H and O–H groups in total. The molecule has 4 heteroatoms. The van der Waals surface area contributed by atoms with Crippen LogP contribution in [0.1, 0.15) is 0 Å². The molecule has 0 saturated carbocycles. The van der Waals surface area contributed by atoms with Gasteiger partial charge in [-0.05, 0) is 56.9 Å². The summed E-state index contributed by atoms with van der Waals surface area (Å²) < 4.78 is 6.37. The molecule has 2 aromatic heterocycles. The van der Waals surface area contributed by atoms with E-state index in [9.17, 15) is 0 Å². The highest BCUT2D eigenvalue weighted by molar-refractivity contribution is 6.15. The van der Waals surface area contributed by atoms with E-state index in [2.05, 4.69) is 127 Å². The van der Waals surface area contributed by atoms with E-state index < -0.39 is 0 Å². The summed E-state index contributed by atoms with van der Waals surface area (Å²) in [6.07, 6.45) is 0. The predicted molar refractivity (Wildman–Crippen MR) is 184 cm³/mol. The maximum absolute atomic E-state index is 6.37. The SMILES string of the molecule is c1ccc(-c2ccc3oc4ccccc4c3c2-c2nc(-c3ccc4ccccc4c3)nc(-c3cccc4ccccc34)n2)cc1. The van der Waals surface area contributed by atoms with Crippen LogP contribution < -0.4 is 0 Å². The summed E-state index contributed by atoms with van der Waals surface area (Å²) in [7, 11) is 0. The van der Waals surface area contributed by atoms with Crippen molar-refractivity contribution in [3.63, 3.8) is 0 Å². The molecule has 9 rings (SSSR count). The average molecular weight is 576 g/mol. The summed E-state index contributed by atoms with van der Waals surface area (Å²) in [5, 5.41) is 6.56. The molecule has 9 aromatic rings. The fourth-order valence-electron chi connectivity index (χ4n) is 6.39. The minimum Gasteiger partial charge on any atom is -0.456 e. The number of nitrogens with zero attached hydrogens (tertiary/aromatic N) is 3. The lowest BCUT2D eigenvalue weighted by Crippen LogP contribution is -2.02. The number of aromatic nitrogens is 3. The van der Waals surface area contributed by atoms with E-state index in [1.165, 1.54) is 5.39 Å². The first kappa shape index (κ1) is 25.4. The maximum Gasteiger partial charge on any atom is 0.165 e. The topological polar surface area (TPSA) is 51.8 Å². The minimum atomic E-state index is 0.604. The van der Waals surface area contributed by atoms with E-state index in [4.69, 9.17) is 19.4 Å². The molecular formula is C41H25N3O. The molecule has 0 atom stereocenters. The van der Waals surface area contributed by atoms with Crippen molar-refractivity contribution < 1.29 is 4.42 Å². The van der Waals surface area contributed by atoms with Crippen LogP contribution in [0.5, 0.6) is 0 Å². The third-order valence-corrected chi connectivity index (χ3v) is 8.53. The summed E-state index contributed by atoms with van der Waals surface area (Å²) in [6.45, 7) is 0. The van der Waals surface area contributed by atoms with Gasteiger partial charge in [0.25, 0.3) is 0 Å². The van der Waals surface area contributed by atoms with Crippen LogP contribution in [-0.2, 0) is 0 Å². The molecule has 0 fully saturated rings. The third-order valence-electron chi connectivity index (χ3n) is 8.53. The summed E-state index contributed by atoms with van der Waals surface area (Å²) in [6, 6.07) is 52.2. The Labute approximate surface area is 259 Å². The zero-order chi connectivity index (χ0) is 29.7. The Balaban J connectivity index is 1.40.